The van der Waals surface area contributed by atoms with Gasteiger partial charge in [-0.25, -0.2) is 4.68 Å². The van der Waals surface area contributed by atoms with Crippen LogP contribution in [0.5, 0.6) is 5.75 Å². The van der Waals surface area contributed by atoms with Crippen LogP contribution in [0.15, 0.2) is 48.5 Å². The van der Waals surface area contributed by atoms with E-state index in [1.807, 2.05) is 61.5 Å². The second-order valence-electron chi connectivity index (χ2n) is 5.97. The van der Waals surface area contributed by atoms with Crippen LogP contribution in [0.1, 0.15) is 28.0 Å². The van der Waals surface area contributed by atoms with Gasteiger partial charge in [0, 0.05) is 11.1 Å². The van der Waals surface area contributed by atoms with Crippen molar-refractivity contribution >= 4 is 5.78 Å². The molecule has 5 heteroatoms. The summed E-state index contributed by atoms with van der Waals surface area (Å²) in [6.07, 6.45) is -0.196. The predicted octanol–water partition coefficient (Wildman–Crippen LogP) is 3.84. The molecule has 1 aromatic heterocycles. The topological polar surface area (TPSA) is 67.9 Å². The average molecular weight is 329 g/mol. The molecule has 5 nitrogen and oxygen atoms in total. The maximum Gasteiger partial charge on any atom is 0.197 e. The van der Waals surface area contributed by atoms with Crippen LogP contribution in [-0.4, -0.2) is 15.6 Å². The normalized spacial score (nSPS) is 11.8. The maximum absolute atomic E-state index is 12.4. The molecule has 0 unspecified atom stereocenters. The van der Waals surface area contributed by atoms with Gasteiger partial charge in [-0.05, 0) is 31.2 Å². The Labute approximate surface area is 145 Å². The summed E-state index contributed by atoms with van der Waals surface area (Å²) in [5.74, 6) is 0.489. The number of fused-ring (bicyclic) bond motifs is 3. The molecule has 0 amide bonds. The van der Waals surface area contributed by atoms with Gasteiger partial charge in [0.25, 0.3) is 0 Å². The third-order valence-corrected chi connectivity index (χ3v) is 4.25. The Morgan fingerprint density at radius 1 is 1.28 bits per heavy atom. The standard InChI is InChI=1S/C20H15N3O2/c1-13-7-8-18-15(11-13)20-16(12-25-18)19(17(24)9-10-21)22-23(20)14-5-3-2-4-6-14/h2-8,11H,9,12H2,1H3. The second-order valence-corrected chi connectivity index (χ2v) is 5.97. The van der Waals surface area contributed by atoms with E-state index < -0.39 is 0 Å². The number of carbonyl (C=O) groups is 1. The Bertz CT molecular complexity index is 1010. The first-order chi connectivity index (χ1) is 12.2. The lowest BCUT2D eigenvalue weighted by Gasteiger charge is -2.20. The van der Waals surface area contributed by atoms with Crippen LogP contribution in [0, 0.1) is 18.3 Å². The van der Waals surface area contributed by atoms with Crippen molar-refractivity contribution in [1.29, 1.82) is 5.26 Å². The lowest BCUT2D eigenvalue weighted by atomic mass is 9.99. The van der Waals surface area contributed by atoms with Gasteiger partial charge in [-0.3, -0.25) is 4.79 Å². The van der Waals surface area contributed by atoms with Crippen molar-refractivity contribution in [1.82, 2.24) is 9.78 Å². The summed E-state index contributed by atoms with van der Waals surface area (Å²) in [4.78, 5) is 12.4. The first-order valence-electron chi connectivity index (χ1n) is 8.00. The molecule has 2 aromatic carbocycles. The molecule has 0 fully saturated rings. The molecule has 122 valence electrons. The summed E-state index contributed by atoms with van der Waals surface area (Å²) in [6.45, 7) is 2.28. The highest BCUT2D eigenvalue weighted by molar-refractivity contribution is 5.99. The first-order valence-corrected chi connectivity index (χ1v) is 8.00. The van der Waals surface area contributed by atoms with E-state index in [1.165, 1.54) is 0 Å². The summed E-state index contributed by atoms with van der Waals surface area (Å²) in [7, 11) is 0. The molecule has 4 rings (SSSR count). The van der Waals surface area contributed by atoms with Gasteiger partial charge in [0.1, 0.15) is 24.5 Å². The molecule has 0 bridgehead atoms. The van der Waals surface area contributed by atoms with Crippen LogP contribution in [-0.2, 0) is 6.61 Å². The number of nitrogens with zero attached hydrogens (tertiary/aromatic N) is 3. The number of hydrogen-bond donors (Lipinski definition) is 0. The highest BCUT2D eigenvalue weighted by Gasteiger charge is 2.29. The number of aromatic nitrogens is 2. The molecule has 1 aliphatic rings. The van der Waals surface area contributed by atoms with E-state index in [1.54, 1.807) is 4.68 Å². The molecule has 0 atom stereocenters. The average Bonchev–Trinajstić information content (AvgIpc) is 3.03. The lowest BCUT2D eigenvalue weighted by molar-refractivity contribution is 0.0990. The monoisotopic (exact) mass is 329 g/mol. The van der Waals surface area contributed by atoms with Crippen LogP contribution in [0.2, 0.25) is 0 Å². The largest absolute Gasteiger partial charge is 0.488 e. The van der Waals surface area contributed by atoms with Gasteiger partial charge in [-0.15, -0.1) is 0 Å². The number of benzene rings is 2. The smallest absolute Gasteiger partial charge is 0.197 e. The van der Waals surface area contributed by atoms with Gasteiger partial charge in [0.2, 0.25) is 0 Å². The van der Waals surface area contributed by atoms with E-state index in [9.17, 15) is 4.79 Å². The second kappa shape index (κ2) is 5.91. The summed E-state index contributed by atoms with van der Waals surface area (Å²) in [5, 5.41) is 13.4. The fourth-order valence-electron chi connectivity index (χ4n) is 3.10. The molecule has 0 radical (unpaired) electrons. The number of Topliss-reactive ketones (excluding diaryl/α,β-unsaturated/α-hetero) is 1. The van der Waals surface area contributed by atoms with Gasteiger partial charge < -0.3 is 4.74 Å². The third-order valence-electron chi connectivity index (χ3n) is 4.25. The summed E-state index contributed by atoms with van der Waals surface area (Å²) >= 11 is 0. The Hall–Kier alpha value is -3.39. The van der Waals surface area contributed by atoms with Crippen LogP contribution >= 0.6 is 0 Å². The first kappa shape index (κ1) is 15.2. The number of aryl methyl sites for hydroxylation is 1. The SMILES string of the molecule is Cc1ccc2c(c1)-c1c(c(C(=O)CC#N)nn1-c1ccccc1)CO2. The highest BCUT2D eigenvalue weighted by Crippen LogP contribution is 2.40. The molecular weight excluding hydrogens is 314 g/mol. The van der Waals surface area contributed by atoms with E-state index >= 15 is 0 Å². The van der Waals surface area contributed by atoms with Crippen LogP contribution in [0.4, 0.5) is 0 Å². The maximum atomic E-state index is 12.4. The molecule has 0 aliphatic carbocycles. The zero-order valence-corrected chi connectivity index (χ0v) is 13.7. The van der Waals surface area contributed by atoms with Gasteiger partial charge in [-0.2, -0.15) is 10.4 Å². The van der Waals surface area contributed by atoms with Crippen molar-refractivity contribution in [3.8, 4) is 28.8 Å². The lowest BCUT2D eigenvalue weighted by Crippen LogP contribution is -2.10. The van der Waals surface area contributed by atoms with Gasteiger partial charge in [0.15, 0.2) is 5.78 Å². The fourth-order valence-corrected chi connectivity index (χ4v) is 3.10. The predicted molar refractivity (Wildman–Crippen MR) is 92.6 cm³/mol. The zero-order chi connectivity index (χ0) is 17.4. The Morgan fingerprint density at radius 2 is 2.08 bits per heavy atom. The Balaban J connectivity index is 2.00. The molecule has 3 aromatic rings. The molecule has 0 N–H and O–H groups in total. The van der Waals surface area contributed by atoms with Crippen LogP contribution in [0.25, 0.3) is 16.9 Å². The molecule has 0 saturated heterocycles. The minimum atomic E-state index is -0.284. The summed E-state index contributed by atoms with van der Waals surface area (Å²) < 4.78 is 7.61. The number of ketones is 1. The van der Waals surface area contributed by atoms with E-state index in [2.05, 4.69) is 5.10 Å². The molecule has 25 heavy (non-hydrogen) atoms. The Morgan fingerprint density at radius 3 is 2.84 bits per heavy atom. The number of carbonyl (C=O) groups excluding carboxylic acids is 1. The molecular formula is C20H15N3O2. The van der Waals surface area contributed by atoms with Crippen molar-refractivity contribution in [3.05, 3.63) is 65.4 Å². The van der Waals surface area contributed by atoms with Gasteiger partial charge >= 0.3 is 0 Å². The van der Waals surface area contributed by atoms with E-state index in [0.29, 0.717) is 5.69 Å². The fraction of sp³-hybridized carbons (Fsp3) is 0.150. The quantitative estimate of drug-likeness (QED) is 0.685. The molecule has 0 saturated carbocycles. The van der Waals surface area contributed by atoms with Gasteiger partial charge in [0.05, 0.1) is 17.5 Å². The van der Waals surface area contributed by atoms with Crippen molar-refractivity contribution in [2.45, 2.75) is 20.0 Å². The molecule has 0 spiro atoms. The van der Waals surface area contributed by atoms with Crippen molar-refractivity contribution in [3.63, 3.8) is 0 Å². The van der Waals surface area contributed by atoms with E-state index in [4.69, 9.17) is 10.00 Å². The third kappa shape index (κ3) is 2.48. The minimum absolute atomic E-state index is 0.196. The van der Waals surface area contributed by atoms with E-state index in [-0.39, 0.29) is 18.8 Å². The van der Waals surface area contributed by atoms with Crippen molar-refractivity contribution in [2.75, 3.05) is 0 Å². The Kier molecular flexibility index (Phi) is 3.58. The van der Waals surface area contributed by atoms with Crippen molar-refractivity contribution in [2.24, 2.45) is 0 Å². The number of para-hydroxylation sites is 1. The summed E-state index contributed by atoms with van der Waals surface area (Å²) in [5.41, 5.74) is 4.78. The number of ether oxygens (including phenoxy) is 1. The van der Waals surface area contributed by atoms with Crippen LogP contribution in [0.3, 0.4) is 0 Å². The van der Waals surface area contributed by atoms with Gasteiger partial charge in [-0.1, -0.05) is 29.8 Å². The summed E-state index contributed by atoms with van der Waals surface area (Å²) in [6, 6.07) is 17.5. The number of rotatable bonds is 3. The van der Waals surface area contributed by atoms with E-state index in [0.717, 1.165) is 33.8 Å². The van der Waals surface area contributed by atoms with Crippen LogP contribution < -0.4 is 4.74 Å². The minimum Gasteiger partial charge on any atom is -0.488 e. The highest BCUT2D eigenvalue weighted by atomic mass is 16.5. The number of nitriles is 1. The number of hydrogen-bond acceptors (Lipinski definition) is 4. The molecule has 2 heterocycles. The zero-order valence-electron chi connectivity index (χ0n) is 13.7. The van der Waals surface area contributed by atoms with Crippen molar-refractivity contribution < 1.29 is 9.53 Å². The molecule has 1 aliphatic heterocycles.